The van der Waals surface area contributed by atoms with Gasteiger partial charge in [0.15, 0.2) is 0 Å². The quantitative estimate of drug-likeness (QED) is 0.459. The van der Waals surface area contributed by atoms with Crippen molar-refractivity contribution in [1.29, 1.82) is 0 Å². The van der Waals surface area contributed by atoms with E-state index in [0.29, 0.717) is 31.3 Å². The Hall–Kier alpha value is -3.81. The molecular weight excluding hydrogens is 409 g/mol. The van der Waals surface area contributed by atoms with Crippen LogP contribution in [0, 0.1) is 12.7 Å². The van der Waals surface area contributed by atoms with Gasteiger partial charge in [0.1, 0.15) is 12.4 Å². The molecule has 1 aromatic carbocycles. The van der Waals surface area contributed by atoms with Gasteiger partial charge in [-0.05, 0) is 49.2 Å². The van der Waals surface area contributed by atoms with Gasteiger partial charge in [-0.15, -0.1) is 0 Å². The number of hydrogen-bond acceptors (Lipinski definition) is 5. The van der Waals surface area contributed by atoms with Crippen LogP contribution >= 0.6 is 0 Å². The molecule has 4 rings (SSSR count). The molecule has 0 bridgehead atoms. The van der Waals surface area contributed by atoms with Crippen molar-refractivity contribution in [3.8, 4) is 5.88 Å². The number of benzene rings is 1. The molecule has 7 nitrogen and oxygen atoms in total. The van der Waals surface area contributed by atoms with Crippen LogP contribution in [-0.4, -0.2) is 32.2 Å². The van der Waals surface area contributed by atoms with Crippen molar-refractivity contribution in [2.24, 2.45) is 0 Å². The van der Waals surface area contributed by atoms with Crippen molar-refractivity contribution in [3.05, 3.63) is 83.2 Å². The molecule has 3 aromatic heterocycles. The first-order valence-corrected chi connectivity index (χ1v) is 10.4. The van der Waals surface area contributed by atoms with Gasteiger partial charge >= 0.3 is 0 Å². The molecule has 0 aliphatic carbocycles. The van der Waals surface area contributed by atoms with Gasteiger partial charge in [0.2, 0.25) is 11.8 Å². The van der Waals surface area contributed by atoms with Crippen LogP contribution in [0.25, 0.3) is 10.9 Å². The minimum Gasteiger partial charge on any atom is -0.473 e. The number of likely N-dealkylation sites (N-methyl/N-ethyl adjacent to an activating group) is 1. The fourth-order valence-electron chi connectivity index (χ4n) is 3.46. The summed E-state index contributed by atoms with van der Waals surface area (Å²) in [6.45, 7) is 5.26. The number of nitrogens with one attached hydrogen (secondary N) is 1. The highest BCUT2D eigenvalue weighted by molar-refractivity contribution is 5.86. The molecule has 0 aliphatic rings. The minimum atomic E-state index is -0.272. The largest absolute Gasteiger partial charge is 0.473 e. The average molecular weight is 433 g/mol. The highest BCUT2D eigenvalue weighted by atomic mass is 19.1. The smallest absolute Gasteiger partial charge is 0.226 e. The number of pyridine rings is 2. The third-order valence-corrected chi connectivity index (χ3v) is 4.99. The third-order valence-electron chi connectivity index (χ3n) is 4.99. The number of nitrogens with zero attached hydrogens (tertiary/aromatic N) is 4. The number of ether oxygens (including phenoxy) is 1. The lowest BCUT2D eigenvalue weighted by atomic mass is 10.2. The van der Waals surface area contributed by atoms with E-state index >= 15 is 0 Å². The molecule has 8 heteroatoms. The minimum absolute atomic E-state index is 0.0590. The second-order valence-corrected chi connectivity index (χ2v) is 7.53. The summed E-state index contributed by atoms with van der Waals surface area (Å²) in [6, 6.07) is 10.0. The summed E-state index contributed by atoms with van der Waals surface area (Å²) in [5.41, 5.74) is 4.25. The van der Waals surface area contributed by atoms with Gasteiger partial charge in [-0.2, -0.15) is 5.10 Å². The normalized spacial score (nSPS) is 11.0. The fourth-order valence-corrected chi connectivity index (χ4v) is 3.46. The molecule has 1 N–H and O–H groups in total. The predicted octanol–water partition coefficient (Wildman–Crippen LogP) is 3.58. The number of carbonyl (C=O) groups is 1. The van der Waals surface area contributed by atoms with E-state index in [1.165, 1.54) is 12.1 Å². The second-order valence-electron chi connectivity index (χ2n) is 7.53. The zero-order valence-corrected chi connectivity index (χ0v) is 18.0. The summed E-state index contributed by atoms with van der Waals surface area (Å²) in [7, 11) is 0. The summed E-state index contributed by atoms with van der Waals surface area (Å²) < 4.78 is 20.6. The van der Waals surface area contributed by atoms with E-state index in [-0.39, 0.29) is 18.1 Å². The van der Waals surface area contributed by atoms with Crippen LogP contribution in [0.5, 0.6) is 5.88 Å². The standard InChI is InChI=1S/C24H24FN5O2/c1-3-26-23(31)11-22-20-14-30(29-21(20)8-9-27-22)13-18-10-16(2)24(28-12-18)32-15-17-4-6-19(25)7-5-17/h4-10,12,14H,3,11,13,15H2,1-2H3,(H,26,31). The topological polar surface area (TPSA) is 81.9 Å². The molecule has 0 saturated carbocycles. The Kier molecular flexibility index (Phi) is 6.39. The SMILES string of the molecule is CCNC(=O)Cc1nccc2nn(Cc3cnc(OCc4ccc(F)cc4)c(C)c3)cc12. The third kappa shape index (κ3) is 5.08. The van der Waals surface area contributed by atoms with Crippen molar-refractivity contribution in [1.82, 2.24) is 25.1 Å². The van der Waals surface area contributed by atoms with Gasteiger partial charge in [-0.3, -0.25) is 14.5 Å². The number of amides is 1. The average Bonchev–Trinajstić information content (AvgIpc) is 3.18. The Labute approximate surface area is 185 Å². The van der Waals surface area contributed by atoms with E-state index in [1.54, 1.807) is 24.5 Å². The maximum atomic E-state index is 13.0. The summed E-state index contributed by atoms with van der Waals surface area (Å²) >= 11 is 0. The fraction of sp³-hybridized carbons (Fsp3) is 0.250. The summed E-state index contributed by atoms with van der Waals surface area (Å²) in [5, 5.41) is 8.27. The van der Waals surface area contributed by atoms with Crippen molar-refractivity contribution in [2.75, 3.05) is 6.54 Å². The van der Waals surface area contributed by atoms with Crippen LogP contribution in [0.15, 0.2) is 55.0 Å². The van der Waals surface area contributed by atoms with E-state index in [4.69, 9.17) is 4.74 Å². The van der Waals surface area contributed by atoms with Crippen molar-refractivity contribution < 1.29 is 13.9 Å². The van der Waals surface area contributed by atoms with Crippen LogP contribution in [0.2, 0.25) is 0 Å². The Morgan fingerprint density at radius 2 is 1.97 bits per heavy atom. The number of hydrogen-bond donors (Lipinski definition) is 1. The van der Waals surface area contributed by atoms with Crippen molar-refractivity contribution >= 4 is 16.8 Å². The van der Waals surface area contributed by atoms with Crippen LogP contribution in [0.4, 0.5) is 4.39 Å². The Bertz CT molecular complexity index is 1240. The van der Waals surface area contributed by atoms with Crippen LogP contribution < -0.4 is 10.1 Å². The lowest BCUT2D eigenvalue weighted by Crippen LogP contribution is -2.24. The highest BCUT2D eigenvalue weighted by Gasteiger charge is 2.12. The highest BCUT2D eigenvalue weighted by Crippen LogP contribution is 2.20. The first kappa shape index (κ1) is 21.4. The molecule has 0 spiro atoms. The molecule has 0 radical (unpaired) electrons. The van der Waals surface area contributed by atoms with Gasteiger partial charge in [-0.25, -0.2) is 9.37 Å². The molecular formula is C24H24FN5O2. The second kappa shape index (κ2) is 9.55. The number of aromatic nitrogens is 4. The molecule has 0 aliphatic heterocycles. The van der Waals surface area contributed by atoms with E-state index in [2.05, 4.69) is 20.4 Å². The zero-order chi connectivity index (χ0) is 22.5. The molecule has 32 heavy (non-hydrogen) atoms. The molecule has 4 aromatic rings. The van der Waals surface area contributed by atoms with Crippen molar-refractivity contribution in [3.63, 3.8) is 0 Å². The lowest BCUT2D eigenvalue weighted by molar-refractivity contribution is -0.120. The molecule has 164 valence electrons. The first-order chi connectivity index (χ1) is 15.5. The predicted molar refractivity (Wildman–Crippen MR) is 119 cm³/mol. The molecule has 3 heterocycles. The maximum Gasteiger partial charge on any atom is 0.226 e. The zero-order valence-electron chi connectivity index (χ0n) is 18.0. The number of halogens is 1. The van der Waals surface area contributed by atoms with E-state index in [9.17, 15) is 9.18 Å². The van der Waals surface area contributed by atoms with Gasteiger partial charge in [0.25, 0.3) is 0 Å². The Balaban J connectivity index is 1.46. The van der Waals surface area contributed by atoms with Gasteiger partial charge in [0, 0.05) is 36.1 Å². The number of carbonyl (C=O) groups excluding carboxylic acids is 1. The van der Waals surface area contributed by atoms with E-state index in [0.717, 1.165) is 27.6 Å². The molecule has 0 saturated heterocycles. The summed E-state index contributed by atoms with van der Waals surface area (Å²) in [6.07, 6.45) is 5.56. The van der Waals surface area contributed by atoms with E-state index in [1.807, 2.05) is 36.9 Å². The lowest BCUT2D eigenvalue weighted by Gasteiger charge is -2.10. The van der Waals surface area contributed by atoms with Crippen molar-refractivity contribution in [2.45, 2.75) is 33.4 Å². The van der Waals surface area contributed by atoms with Crippen LogP contribution in [0.3, 0.4) is 0 Å². The molecule has 0 atom stereocenters. The number of fused-ring (bicyclic) bond motifs is 1. The molecule has 1 amide bonds. The van der Waals surface area contributed by atoms with Gasteiger partial charge in [-0.1, -0.05) is 12.1 Å². The molecule has 0 fully saturated rings. The van der Waals surface area contributed by atoms with Crippen LogP contribution in [-0.2, 0) is 24.4 Å². The van der Waals surface area contributed by atoms with Crippen LogP contribution in [0.1, 0.15) is 29.3 Å². The summed E-state index contributed by atoms with van der Waals surface area (Å²) in [5.74, 6) is 0.208. The number of rotatable bonds is 8. The first-order valence-electron chi connectivity index (χ1n) is 10.4. The van der Waals surface area contributed by atoms with Gasteiger partial charge < -0.3 is 10.1 Å². The molecule has 0 unspecified atom stereocenters. The monoisotopic (exact) mass is 433 g/mol. The van der Waals surface area contributed by atoms with E-state index < -0.39 is 0 Å². The maximum absolute atomic E-state index is 13.0. The Morgan fingerprint density at radius 3 is 2.72 bits per heavy atom. The number of aryl methyl sites for hydroxylation is 1. The Morgan fingerprint density at radius 1 is 1.16 bits per heavy atom. The van der Waals surface area contributed by atoms with Gasteiger partial charge in [0.05, 0.1) is 24.2 Å². The summed E-state index contributed by atoms with van der Waals surface area (Å²) in [4.78, 5) is 20.8.